The van der Waals surface area contributed by atoms with Crippen LogP contribution >= 0.6 is 47.8 Å². The average molecular weight is 546 g/mol. The summed E-state index contributed by atoms with van der Waals surface area (Å²) in [6.45, 7) is 4.95. The van der Waals surface area contributed by atoms with E-state index in [9.17, 15) is 0 Å². The summed E-state index contributed by atoms with van der Waals surface area (Å²) in [4.78, 5) is 11.1. The maximum Gasteiger partial charge on any atom is 0.228 e. The number of rotatable bonds is 5. The molecule has 0 radical (unpaired) electrons. The topological polar surface area (TPSA) is 37.7 Å². The highest BCUT2D eigenvalue weighted by atomic mass is 79.9. The number of aromatic nitrogens is 1. The summed E-state index contributed by atoms with van der Waals surface area (Å²) in [7, 11) is 1.99. The van der Waals surface area contributed by atoms with Gasteiger partial charge in [0.25, 0.3) is 0 Å². The van der Waals surface area contributed by atoms with Crippen LogP contribution < -0.4 is 4.74 Å². The van der Waals surface area contributed by atoms with Crippen LogP contribution in [0.2, 0.25) is 0 Å². The van der Waals surface area contributed by atoms with Crippen LogP contribution in [0.4, 0.5) is 5.69 Å². The second-order valence-electron chi connectivity index (χ2n) is 6.38. The molecule has 138 valence electrons. The van der Waals surface area contributed by atoms with Gasteiger partial charge in [0.2, 0.25) is 5.88 Å². The SMILES string of the molecule is CCN(C)/C=N/c1cc(Br)c(OC2Cc3cc(Br)c(Br)cc3C2)nc1C. The van der Waals surface area contributed by atoms with Gasteiger partial charge in [-0.15, -0.1) is 0 Å². The van der Waals surface area contributed by atoms with Crippen LogP contribution in [-0.2, 0) is 12.8 Å². The van der Waals surface area contributed by atoms with Gasteiger partial charge in [-0.1, -0.05) is 0 Å². The van der Waals surface area contributed by atoms with Crippen molar-refractivity contribution in [1.29, 1.82) is 0 Å². The molecule has 0 saturated carbocycles. The Kier molecular flexibility index (Phi) is 6.41. The van der Waals surface area contributed by atoms with E-state index in [1.165, 1.54) is 11.1 Å². The van der Waals surface area contributed by atoms with Gasteiger partial charge in [0, 0.05) is 35.4 Å². The highest BCUT2D eigenvalue weighted by molar-refractivity contribution is 9.13. The molecular weight excluding hydrogens is 526 g/mol. The van der Waals surface area contributed by atoms with Crippen molar-refractivity contribution in [2.45, 2.75) is 32.8 Å². The lowest BCUT2D eigenvalue weighted by Crippen LogP contribution is -2.17. The predicted octanol–water partition coefficient (Wildman–Crippen LogP) is 5.84. The molecule has 4 nitrogen and oxygen atoms in total. The molecule has 0 unspecified atom stereocenters. The van der Waals surface area contributed by atoms with E-state index >= 15 is 0 Å². The monoisotopic (exact) mass is 543 g/mol. The Bertz CT molecular complexity index is 823. The molecule has 0 amide bonds. The number of hydrogen-bond donors (Lipinski definition) is 0. The summed E-state index contributed by atoms with van der Waals surface area (Å²) in [5.74, 6) is 0.626. The van der Waals surface area contributed by atoms with Gasteiger partial charge in [0.1, 0.15) is 6.10 Å². The fourth-order valence-corrected chi connectivity index (χ4v) is 4.00. The number of pyridine rings is 1. The smallest absolute Gasteiger partial charge is 0.228 e. The van der Waals surface area contributed by atoms with Gasteiger partial charge in [0.15, 0.2) is 0 Å². The Hall–Kier alpha value is -0.920. The third kappa shape index (κ3) is 4.49. The fourth-order valence-electron chi connectivity index (χ4n) is 2.82. The Morgan fingerprint density at radius 3 is 2.35 bits per heavy atom. The Balaban J connectivity index is 1.75. The van der Waals surface area contributed by atoms with E-state index in [0.29, 0.717) is 5.88 Å². The molecule has 7 heteroatoms. The average Bonchev–Trinajstić information content (AvgIpc) is 2.97. The quantitative estimate of drug-likeness (QED) is 0.350. The number of benzene rings is 1. The molecule has 0 atom stereocenters. The lowest BCUT2D eigenvalue weighted by Gasteiger charge is -2.15. The third-order valence-electron chi connectivity index (χ3n) is 4.42. The van der Waals surface area contributed by atoms with Crippen LogP contribution in [0.3, 0.4) is 0 Å². The molecule has 1 aromatic heterocycles. The summed E-state index contributed by atoms with van der Waals surface area (Å²) < 4.78 is 9.18. The van der Waals surface area contributed by atoms with Crippen LogP contribution in [-0.4, -0.2) is 35.9 Å². The molecule has 3 rings (SSSR count). The Morgan fingerprint density at radius 2 is 1.77 bits per heavy atom. The second-order valence-corrected chi connectivity index (χ2v) is 8.94. The summed E-state index contributed by atoms with van der Waals surface area (Å²) in [5.41, 5.74) is 4.33. The molecule has 0 bridgehead atoms. The van der Waals surface area contributed by atoms with Crippen molar-refractivity contribution < 1.29 is 4.74 Å². The lowest BCUT2D eigenvalue weighted by molar-refractivity contribution is 0.203. The van der Waals surface area contributed by atoms with E-state index in [-0.39, 0.29) is 6.10 Å². The largest absolute Gasteiger partial charge is 0.473 e. The van der Waals surface area contributed by atoms with Gasteiger partial charge >= 0.3 is 0 Å². The standard InChI is InChI=1S/C19H20Br3N3O/c1-4-25(3)10-23-18-9-17(22)19(24-11(18)2)26-14-5-12-7-15(20)16(21)8-13(12)6-14/h7-10,14H,4-6H2,1-3H3/b23-10+. The van der Waals surface area contributed by atoms with Crippen molar-refractivity contribution in [3.63, 3.8) is 0 Å². The molecular formula is C19H20Br3N3O. The number of ether oxygens (including phenoxy) is 1. The lowest BCUT2D eigenvalue weighted by atomic mass is 10.1. The van der Waals surface area contributed by atoms with Gasteiger partial charge in [-0.3, -0.25) is 0 Å². The minimum atomic E-state index is 0.0926. The zero-order valence-electron chi connectivity index (χ0n) is 14.9. The number of hydrogen-bond acceptors (Lipinski definition) is 3. The van der Waals surface area contributed by atoms with Crippen molar-refractivity contribution >= 4 is 59.8 Å². The summed E-state index contributed by atoms with van der Waals surface area (Å²) in [6, 6.07) is 6.30. The number of nitrogens with zero attached hydrogens (tertiary/aromatic N) is 3. The van der Waals surface area contributed by atoms with Crippen molar-refractivity contribution in [3.8, 4) is 5.88 Å². The van der Waals surface area contributed by atoms with Crippen LogP contribution in [0.15, 0.2) is 36.6 Å². The van der Waals surface area contributed by atoms with E-state index in [4.69, 9.17) is 4.74 Å². The van der Waals surface area contributed by atoms with Crippen molar-refractivity contribution in [2.75, 3.05) is 13.6 Å². The molecule has 1 aliphatic rings. The molecule has 2 aromatic rings. The molecule has 0 aliphatic heterocycles. The van der Waals surface area contributed by atoms with Gasteiger partial charge in [-0.2, -0.15) is 0 Å². The maximum atomic E-state index is 6.20. The number of aliphatic imine (C=N–C) groups is 1. The Morgan fingerprint density at radius 1 is 1.15 bits per heavy atom. The molecule has 0 saturated heterocycles. The van der Waals surface area contributed by atoms with E-state index < -0.39 is 0 Å². The molecule has 26 heavy (non-hydrogen) atoms. The highest BCUT2D eigenvalue weighted by Gasteiger charge is 2.25. The first-order valence-electron chi connectivity index (χ1n) is 8.42. The first kappa shape index (κ1) is 19.8. The molecule has 1 heterocycles. The van der Waals surface area contributed by atoms with Crippen LogP contribution in [0.5, 0.6) is 5.88 Å². The molecule has 0 fully saturated rings. The van der Waals surface area contributed by atoms with Gasteiger partial charge in [-0.05, 0) is 91.0 Å². The Labute approximate surface area is 179 Å². The van der Waals surface area contributed by atoms with Crippen LogP contribution in [0.1, 0.15) is 23.7 Å². The normalized spacial score (nSPS) is 14.1. The van der Waals surface area contributed by atoms with Gasteiger partial charge < -0.3 is 9.64 Å². The number of halogens is 3. The fraction of sp³-hybridized carbons (Fsp3) is 0.368. The predicted molar refractivity (Wildman–Crippen MR) is 117 cm³/mol. The van der Waals surface area contributed by atoms with Crippen molar-refractivity contribution in [2.24, 2.45) is 4.99 Å². The molecule has 0 N–H and O–H groups in total. The number of aryl methyl sites for hydroxylation is 1. The first-order chi connectivity index (χ1) is 12.4. The third-order valence-corrected chi connectivity index (χ3v) is 6.83. The van der Waals surface area contributed by atoms with Crippen molar-refractivity contribution in [3.05, 3.63) is 48.4 Å². The van der Waals surface area contributed by atoms with Crippen LogP contribution in [0.25, 0.3) is 0 Å². The van der Waals surface area contributed by atoms with Gasteiger partial charge in [-0.25, -0.2) is 9.98 Å². The highest BCUT2D eigenvalue weighted by Crippen LogP contribution is 2.35. The summed E-state index contributed by atoms with van der Waals surface area (Å²) >= 11 is 10.7. The minimum Gasteiger partial charge on any atom is -0.473 e. The molecule has 1 aliphatic carbocycles. The summed E-state index contributed by atoms with van der Waals surface area (Å²) in [6.07, 6.45) is 3.68. The first-order valence-corrected chi connectivity index (χ1v) is 10.8. The minimum absolute atomic E-state index is 0.0926. The van der Waals surface area contributed by atoms with E-state index in [0.717, 1.165) is 44.2 Å². The zero-order valence-corrected chi connectivity index (χ0v) is 19.6. The van der Waals surface area contributed by atoms with E-state index in [1.54, 1.807) is 0 Å². The molecule has 0 spiro atoms. The second kappa shape index (κ2) is 8.40. The zero-order chi connectivity index (χ0) is 18.8. The van der Waals surface area contributed by atoms with Gasteiger partial charge in [0.05, 0.1) is 22.2 Å². The molecule has 1 aromatic carbocycles. The number of fused-ring (bicyclic) bond motifs is 1. The van der Waals surface area contributed by atoms with E-state index in [1.807, 2.05) is 31.3 Å². The van der Waals surface area contributed by atoms with Crippen LogP contribution in [0, 0.1) is 6.92 Å². The summed E-state index contributed by atoms with van der Waals surface area (Å²) in [5, 5.41) is 0. The maximum absolute atomic E-state index is 6.20. The van der Waals surface area contributed by atoms with E-state index in [2.05, 4.69) is 76.8 Å². The van der Waals surface area contributed by atoms with Crippen molar-refractivity contribution in [1.82, 2.24) is 9.88 Å².